The number of carbonyl (C=O) groups excluding carboxylic acids is 1. The molecule has 4 nitrogen and oxygen atoms in total. The van der Waals surface area contributed by atoms with Gasteiger partial charge in [-0.2, -0.15) is 0 Å². The Bertz CT molecular complexity index is 720. The molecule has 7 heteroatoms. The first kappa shape index (κ1) is 16.7. The average Bonchev–Trinajstić information content (AvgIpc) is 2.49. The van der Waals surface area contributed by atoms with Gasteiger partial charge in [0, 0.05) is 0 Å². The lowest BCUT2D eigenvalue weighted by Gasteiger charge is -2.15. The maximum atomic E-state index is 13.5. The van der Waals surface area contributed by atoms with Crippen molar-refractivity contribution in [3.05, 3.63) is 53.8 Å². The molecule has 0 saturated carbocycles. The summed E-state index contributed by atoms with van der Waals surface area (Å²) in [5.74, 6) is -4.01. The van der Waals surface area contributed by atoms with Crippen LogP contribution in [0.2, 0.25) is 0 Å². The summed E-state index contributed by atoms with van der Waals surface area (Å²) in [5, 5.41) is 4.59. The molecule has 0 radical (unpaired) electrons. The van der Waals surface area contributed by atoms with Crippen molar-refractivity contribution < 1.29 is 22.7 Å². The summed E-state index contributed by atoms with van der Waals surface area (Å²) >= 11 is 0. The van der Waals surface area contributed by atoms with Gasteiger partial charge >= 0.3 is 6.03 Å². The first-order valence-corrected chi connectivity index (χ1v) is 6.85. The van der Waals surface area contributed by atoms with Crippen LogP contribution in [0, 0.1) is 17.5 Å². The maximum absolute atomic E-state index is 13.5. The lowest BCUT2D eigenvalue weighted by Crippen LogP contribution is -2.21. The Balaban J connectivity index is 2.13. The Hall–Kier alpha value is -2.70. The molecule has 0 spiro atoms. The van der Waals surface area contributed by atoms with E-state index >= 15 is 0 Å². The normalized spacial score (nSPS) is 10.5. The largest absolute Gasteiger partial charge is 0.489 e. The second kappa shape index (κ2) is 7.04. The van der Waals surface area contributed by atoms with Crippen LogP contribution in [0.5, 0.6) is 5.75 Å². The van der Waals surface area contributed by atoms with E-state index in [0.29, 0.717) is 11.4 Å². The molecule has 0 saturated heterocycles. The lowest BCUT2D eigenvalue weighted by molar-refractivity contribution is 0.243. The van der Waals surface area contributed by atoms with E-state index in [1.165, 1.54) is 0 Å². The number of para-hydroxylation sites is 2. The van der Waals surface area contributed by atoms with Gasteiger partial charge in [0.05, 0.1) is 17.5 Å². The fraction of sp³-hybridized carbons (Fsp3) is 0.188. The van der Waals surface area contributed by atoms with Crippen molar-refractivity contribution in [2.45, 2.75) is 20.0 Å². The minimum absolute atomic E-state index is 0.107. The van der Waals surface area contributed by atoms with Crippen molar-refractivity contribution in [2.75, 3.05) is 10.6 Å². The number of anilines is 2. The third-order valence-corrected chi connectivity index (χ3v) is 2.78. The number of hydrogen-bond acceptors (Lipinski definition) is 2. The standard InChI is InChI=1S/C16H15F3N2O2/c1-9(2)23-13-6-4-3-5-11(13)20-16(22)21-12-8-7-10(17)14(18)15(12)19/h3-9H,1-2H3,(H2,20,21,22). The molecule has 0 aromatic heterocycles. The highest BCUT2D eigenvalue weighted by Gasteiger charge is 2.16. The van der Waals surface area contributed by atoms with Crippen LogP contribution in [0.3, 0.4) is 0 Å². The van der Waals surface area contributed by atoms with Gasteiger partial charge in [0.2, 0.25) is 0 Å². The van der Waals surface area contributed by atoms with E-state index in [-0.39, 0.29) is 6.10 Å². The quantitative estimate of drug-likeness (QED) is 0.812. The number of amides is 2. The van der Waals surface area contributed by atoms with Crippen LogP contribution < -0.4 is 15.4 Å². The number of nitrogens with one attached hydrogen (secondary N) is 2. The Morgan fingerprint density at radius 3 is 2.30 bits per heavy atom. The zero-order valence-electron chi connectivity index (χ0n) is 12.5. The monoisotopic (exact) mass is 324 g/mol. The van der Waals surface area contributed by atoms with Crippen molar-refractivity contribution in [1.82, 2.24) is 0 Å². The second-order valence-electron chi connectivity index (χ2n) is 4.96. The molecule has 2 aromatic rings. The fourth-order valence-electron chi connectivity index (χ4n) is 1.82. The van der Waals surface area contributed by atoms with Crippen LogP contribution >= 0.6 is 0 Å². The molecular formula is C16H15F3N2O2. The van der Waals surface area contributed by atoms with Gasteiger partial charge in [0.1, 0.15) is 5.75 Å². The fourth-order valence-corrected chi connectivity index (χ4v) is 1.82. The summed E-state index contributed by atoms with van der Waals surface area (Å²) in [5.41, 5.74) is -0.106. The highest BCUT2D eigenvalue weighted by Crippen LogP contribution is 2.25. The molecule has 0 bridgehead atoms. The summed E-state index contributed by atoms with van der Waals surface area (Å²) in [6.45, 7) is 3.65. The molecule has 2 aromatic carbocycles. The van der Waals surface area contributed by atoms with Crippen LogP contribution in [0.15, 0.2) is 36.4 Å². The van der Waals surface area contributed by atoms with E-state index in [1.807, 2.05) is 13.8 Å². The lowest BCUT2D eigenvalue weighted by atomic mass is 10.2. The summed E-state index contributed by atoms with van der Waals surface area (Å²) in [7, 11) is 0. The van der Waals surface area contributed by atoms with Gasteiger partial charge < -0.3 is 15.4 Å². The van der Waals surface area contributed by atoms with Gasteiger partial charge in [-0.15, -0.1) is 0 Å². The van der Waals surface area contributed by atoms with E-state index < -0.39 is 29.2 Å². The smallest absolute Gasteiger partial charge is 0.323 e. The van der Waals surface area contributed by atoms with Gasteiger partial charge in [-0.1, -0.05) is 12.1 Å². The molecule has 0 unspecified atom stereocenters. The highest BCUT2D eigenvalue weighted by molar-refractivity contribution is 6.00. The van der Waals surface area contributed by atoms with E-state index in [0.717, 1.165) is 12.1 Å². The molecule has 0 aliphatic carbocycles. The average molecular weight is 324 g/mol. The summed E-state index contributed by atoms with van der Waals surface area (Å²) < 4.78 is 45.1. The summed E-state index contributed by atoms with van der Waals surface area (Å²) in [6.07, 6.45) is -0.107. The van der Waals surface area contributed by atoms with Crippen molar-refractivity contribution in [2.24, 2.45) is 0 Å². The molecule has 0 heterocycles. The number of benzene rings is 2. The van der Waals surface area contributed by atoms with Crippen LogP contribution in [0.1, 0.15) is 13.8 Å². The number of urea groups is 1. The van der Waals surface area contributed by atoms with E-state index in [9.17, 15) is 18.0 Å². The van der Waals surface area contributed by atoms with Gasteiger partial charge in [0.15, 0.2) is 17.5 Å². The van der Waals surface area contributed by atoms with Crippen LogP contribution in [0.4, 0.5) is 29.3 Å². The third-order valence-electron chi connectivity index (χ3n) is 2.78. The SMILES string of the molecule is CC(C)Oc1ccccc1NC(=O)Nc1ccc(F)c(F)c1F. The van der Waals surface area contributed by atoms with E-state index in [1.54, 1.807) is 24.3 Å². The number of carbonyl (C=O) groups is 1. The van der Waals surface area contributed by atoms with Crippen molar-refractivity contribution in [3.8, 4) is 5.75 Å². The Kier molecular flexibility index (Phi) is 5.10. The molecule has 0 aliphatic heterocycles. The molecular weight excluding hydrogens is 309 g/mol. The Morgan fingerprint density at radius 1 is 0.957 bits per heavy atom. The molecule has 2 amide bonds. The predicted molar refractivity (Wildman–Crippen MR) is 81.2 cm³/mol. The molecule has 0 fully saturated rings. The van der Waals surface area contributed by atoms with Crippen molar-refractivity contribution in [3.63, 3.8) is 0 Å². The number of ether oxygens (including phenoxy) is 1. The van der Waals surface area contributed by atoms with Crippen LogP contribution in [0.25, 0.3) is 0 Å². The Morgan fingerprint density at radius 2 is 1.61 bits per heavy atom. The zero-order valence-corrected chi connectivity index (χ0v) is 12.5. The molecule has 2 N–H and O–H groups in total. The van der Waals surface area contributed by atoms with Gasteiger partial charge in [-0.3, -0.25) is 0 Å². The van der Waals surface area contributed by atoms with Crippen LogP contribution in [-0.2, 0) is 0 Å². The van der Waals surface area contributed by atoms with Crippen molar-refractivity contribution >= 4 is 17.4 Å². The predicted octanol–water partition coefficient (Wildman–Crippen LogP) is 4.54. The summed E-state index contributed by atoms with van der Waals surface area (Å²) in [6, 6.07) is 7.52. The molecule has 122 valence electrons. The van der Waals surface area contributed by atoms with Crippen LogP contribution in [-0.4, -0.2) is 12.1 Å². The molecule has 0 atom stereocenters. The Labute approximate surface area is 131 Å². The topological polar surface area (TPSA) is 50.4 Å². The van der Waals surface area contributed by atoms with E-state index in [4.69, 9.17) is 4.74 Å². The molecule has 23 heavy (non-hydrogen) atoms. The van der Waals surface area contributed by atoms with E-state index in [2.05, 4.69) is 10.6 Å². The maximum Gasteiger partial charge on any atom is 0.323 e. The number of hydrogen-bond donors (Lipinski definition) is 2. The minimum Gasteiger partial charge on any atom is -0.489 e. The van der Waals surface area contributed by atoms with Gasteiger partial charge in [0.25, 0.3) is 0 Å². The first-order valence-electron chi connectivity index (χ1n) is 6.85. The number of halogens is 3. The zero-order chi connectivity index (χ0) is 17.0. The second-order valence-corrected chi connectivity index (χ2v) is 4.96. The third kappa shape index (κ3) is 4.15. The first-order chi connectivity index (χ1) is 10.9. The molecule has 0 aliphatic rings. The van der Waals surface area contributed by atoms with Gasteiger partial charge in [-0.05, 0) is 38.1 Å². The van der Waals surface area contributed by atoms with Gasteiger partial charge in [-0.25, -0.2) is 18.0 Å². The molecule has 2 rings (SSSR count). The van der Waals surface area contributed by atoms with Crippen molar-refractivity contribution in [1.29, 1.82) is 0 Å². The minimum atomic E-state index is -1.65. The number of rotatable bonds is 4. The highest BCUT2D eigenvalue weighted by atomic mass is 19.2. The summed E-state index contributed by atoms with van der Waals surface area (Å²) in [4.78, 5) is 11.9.